The lowest BCUT2D eigenvalue weighted by Gasteiger charge is -2.10. The second-order valence-electron chi connectivity index (χ2n) is 5.40. The number of nitrogens with one attached hydrogen (secondary N) is 1. The molecule has 0 aliphatic carbocycles. The van der Waals surface area contributed by atoms with Crippen LogP contribution in [0, 0.1) is 0 Å². The first kappa shape index (κ1) is 19.9. The average Bonchev–Trinajstić information content (AvgIpc) is 3.04. The molecule has 0 bridgehead atoms. The zero-order chi connectivity index (χ0) is 18.3. The Bertz CT molecular complexity index is 759. The highest BCUT2D eigenvalue weighted by atomic mass is 32.2. The van der Waals surface area contributed by atoms with E-state index in [1.165, 1.54) is 11.3 Å². The van der Waals surface area contributed by atoms with Crippen molar-refractivity contribution in [3.8, 4) is 0 Å². The number of ether oxygens (including phenoxy) is 1. The van der Waals surface area contributed by atoms with E-state index in [-0.39, 0.29) is 18.9 Å². The van der Waals surface area contributed by atoms with Crippen molar-refractivity contribution in [1.82, 2.24) is 4.72 Å². The minimum Gasteiger partial charge on any atom is -0.367 e. The van der Waals surface area contributed by atoms with Gasteiger partial charge in [-0.05, 0) is 29.0 Å². The second-order valence-corrected chi connectivity index (χ2v) is 8.36. The molecule has 0 spiro atoms. The first-order valence-electron chi connectivity index (χ1n) is 7.45. The molecule has 1 aromatic carbocycles. The smallest absolute Gasteiger partial charge is 0.367 e. The fourth-order valence-corrected chi connectivity index (χ4v) is 3.93. The molecule has 0 amide bonds. The van der Waals surface area contributed by atoms with Crippen molar-refractivity contribution in [2.45, 2.75) is 25.7 Å². The van der Waals surface area contributed by atoms with E-state index in [9.17, 15) is 21.6 Å². The molecular weight excluding hydrogens is 375 g/mol. The van der Waals surface area contributed by atoms with E-state index in [4.69, 9.17) is 0 Å². The molecule has 1 N–H and O–H groups in total. The van der Waals surface area contributed by atoms with Gasteiger partial charge in [-0.1, -0.05) is 30.3 Å². The molecule has 0 atom stereocenters. The number of rotatable bonds is 9. The fourth-order valence-electron chi connectivity index (χ4n) is 2.07. The predicted molar refractivity (Wildman–Crippen MR) is 90.8 cm³/mol. The number of hydrogen-bond acceptors (Lipinski definition) is 4. The predicted octanol–water partition coefficient (Wildman–Crippen LogP) is 3.49. The van der Waals surface area contributed by atoms with Crippen LogP contribution in [0.1, 0.15) is 16.0 Å². The number of benzene rings is 1. The van der Waals surface area contributed by atoms with Crippen LogP contribution in [0.15, 0.2) is 41.8 Å². The molecule has 2 aromatic rings. The maximum absolute atomic E-state index is 12.1. The molecule has 1 heterocycles. The zero-order valence-corrected chi connectivity index (χ0v) is 14.9. The highest BCUT2D eigenvalue weighted by Gasteiger charge is 2.27. The third-order valence-corrected chi connectivity index (χ3v) is 5.48. The summed E-state index contributed by atoms with van der Waals surface area (Å²) in [6.07, 6.45) is -3.92. The van der Waals surface area contributed by atoms with E-state index < -0.39 is 22.8 Å². The number of thiophene rings is 1. The van der Waals surface area contributed by atoms with E-state index in [0.29, 0.717) is 17.5 Å². The maximum atomic E-state index is 12.1. The number of halogens is 3. The summed E-state index contributed by atoms with van der Waals surface area (Å²) in [5, 5.41) is 1.89. The van der Waals surface area contributed by atoms with Gasteiger partial charge in [0.25, 0.3) is 0 Å². The van der Waals surface area contributed by atoms with Crippen molar-refractivity contribution in [3.63, 3.8) is 0 Å². The summed E-state index contributed by atoms with van der Waals surface area (Å²) >= 11 is 1.50. The molecule has 2 rings (SSSR count). The van der Waals surface area contributed by atoms with Crippen LogP contribution >= 0.6 is 11.3 Å². The van der Waals surface area contributed by atoms with Crippen LogP contribution in [-0.2, 0) is 34.3 Å². The van der Waals surface area contributed by atoms with Crippen LogP contribution in [0.4, 0.5) is 13.2 Å². The topological polar surface area (TPSA) is 55.4 Å². The van der Waals surface area contributed by atoms with Crippen LogP contribution in [0.2, 0.25) is 0 Å². The standard InChI is InChI=1S/C16H18F3NO3S2/c17-16(18,19)12-23-11-14-4-1-3-13(9-14)10-20-25(21,22)8-6-15-5-2-7-24-15/h1-5,7,9,20H,6,8,10-12H2. The van der Waals surface area contributed by atoms with Crippen molar-refractivity contribution in [1.29, 1.82) is 0 Å². The quantitative estimate of drug-likeness (QED) is 0.710. The fraction of sp³-hybridized carbons (Fsp3) is 0.375. The van der Waals surface area contributed by atoms with E-state index in [0.717, 1.165) is 4.88 Å². The van der Waals surface area contributed by atoms with Gasteiger partial charge >= 0.3 is 6.18 Å². The third-order valence-electron chi connectivity index (χ3n) is 3.22. The van der Waals surface area contributed by atoms with E-state index >= 15 is 0 Å². The molecular formula is C16H18F3NO3S2. The highest BCUT2D eigenvalue weighted by Crippen LogP contribution is 2.16. The lowest BCUT2D eigenvalue weighted by Crippen LogP contribution is -2.26. The van der Waals surface area contributed by atoms with Crippen LogP contribution in [-0.4, -0.2) is 27.0 Å². The first-order chi connectivity index (χ1) is 11.7. The van der Waals surface area contributed by atoms with E-state index in [2.05, 4.69) is 9.46 Å². The molecule has 0 saturated carbocycles. The summed E-state index contributed by atoms with van der Waals surface area (Å²) in [6, 6.07) is 10.4. The zero-order valence-electron chi connectivity index (χ0n) is 13.3. The Morgan fingerprint density at radius 3 is 2.56 bits per heavy atom. The molecule has 9 heteroatoms. The largest absolute Gasteiger partial charge is 0.411 e. The summed E-state index contributed by atoms with van der Waals surface area (Å²) in [7, 11) is -3.43. The molecule has 0 aliphatic rings. The van der Waals surface area contributed by atoms with Gasteiger partial charge in [0, 0.05) is 11.4 Å². The van der Waals surface area contributed by atoms with Crippen LogP contribution < -0.4 is 4.72 Å². The van der Waals surface area contributed by atoms with Crippen molar-refractivity contribution in [2.75, 3.05) is 12.4 Å². The molecule has 0 aliphatic heterocycles. The summed E-state index contributed by atoms with van der Waals surface area (Å²) in [4.78, 5) is 0.995. The van der Waals surface area contributed by atoms with Gasteiger partial charge in [-0.2, -0.15) is 13.2 Å². The Labute approximate surface area is 148 Å². The number of aryl methyl sites for hydroxylation is 1. The van der Waals surface area contributed by atoms with Crippen molar-refractivity contribution in [2.24, 2.45) is 0 Å². The van der Waals surface area contributed by atoms with Gasteiger partial charge in [0.1, 0.15) is 6.61 Å². The average molecular weight is 393 g/mol. The summed E-state index contributed by atoms with van der Waals surface area (Å²) in [5.41, 5.74) is 1.22. The Kier molecular flexibility index (Phi) is 7.00. The Morgan fingerprint density at radius 1 is 1.12 bits per heavy atom. The van der Waals surface area contributed by atoms with Gasteiger partial charge in [0.15, 0.2) is 0 Å². The molecule has 25 heavy (non-hydrogen) atoms. The van der Waals surface area contributed by atoms with Crippen molar-refractivity contribution >= 4 is 21.4 Å². The van der Waals surface area contributed by atoms with Crippen molar-refractivity contribution in [3.05, 3.63) is 57.8 Å². The summed E-state index contributed by atoms with van der Waals surface area (Å²) < 4.78 is 67.3. The van der Waals surface area contributed by atoms with Gasteiger partial charge in [0.05, 0.1) is 12.4 Å². The highest BCUT2D eigenvalue weighted by molar-refractivity contribution is 7.89. The van der Waals surface area contributed by atoms with Gasteiger partial charge in [-0.15, -0.1) is 11.3 Å². The molecule has 0 fully saturated rings. The molecule has 0 radical (unpaired) electrons. The van der Waals surface area contributed by atoms with Crippen molar-refractivity contribution < 1.29 is 26.3 Å². The molecule has 1 aromatic heterocycles. The van der Waals surface area contributed by atoms with Crippen LogP contribution in [0.25, 0.3) is 0 Å². The summed E-state index contributed by atoms with van der Waals surface area (Å²) in [6.45, 7) is -1.41. The van der Waals surface area contributed by atoms with E-state index in [1.807, 2.05) is 17.5 Å². The number of sulfonamides is 1. The number of alkyl halides is 3. The molecule has 138 valence electrons. The normalized spacial score (nSPS) is 12.4. The molecule has 4 nitrogen and oxygen atoms in total. The monoisotopic (exact) mass is 393 g/mol. The minimum atomic E-state index is -4.37. The van der Waals surface area contributed by atoms with Gasteiger partial charge in [0.2, 0.25) is 10.0 Å². The minimum absolute atomic E-state index is 0.0120. The van der Waals surface area contributed by atoms with Gasteiger partial charge in [-0.3, -0.25) is 0 Å². The lowest BCUT2D eigenvalue weighted by atomic mass is 10.1. The summed E-state index contributed by atoms with van der Waals surface area (Å²) in [5.74, 6) is -0.0120. The lowest BCUT2D eigenvalue weighted by molar-refractivity contribution is -0.176. The maximum Gasteiger partial charge on any atom is 0.411 e. The third kappa shape index (κ3) is 8.00. The first-order valence-corrected chi connectivity index (χ1v) is 9.99. The second kappa shape index (κ2) is 8.79. The Balaban J connectivity index is 1.82. The van der Waals surface area contributed by atoms with Gasteiger partial charge < -0.3 is 4.74 Å². The SMILES string of the molecule is O=S(=O)(CCc1cccs1)NCc1cccc(COCC(F)(F)F)c1. The van der Waals surface area contributed by atoms with Gasteiger partial charge in [-0.25, -0.2) is 13.1 Å². The molecule has 0 unspecified atom stereocenters. The van der Waals surface area contributed by atoms with Crippen LogP contribution in [0.5, 0.6) is 0 Å². The molecule has 0 saturated heterocycles. The van der Waals surface area contributed by atoms with E-state index in [1.54, 1.807) is 24.3 Å². The van der Waals surface area contributed by atoms with Crippen LogP contribution in [0.3, 0.4) is 0 Å². The Hall–Kier alpha value is -1.42. The Morgan fingerprint density at radius 2 is 1.88 bits per heavy atom. The number of hydrogen-bond donors (Lipinski definition) is 1.